The maximum Gasteiger partial charge on any atom is 0.177 e. The smallest absolute Gasteiger partial charge is 0.177 e. The van der Waals surface area contributed by atoms with Gasteiger partial charge in [-0.15, -0.1) is 0 Å². The molecule has 0 aromatic carbocycles. The first kappa shape index (κ1) is 18.8. The number of carbonyl (C=O) groups excluding carboxylic acids is 2. The molecule has 0 spiro atoms. The van der Waals surface area contributed by atoms with E-state index in [9.17, 15) is 9.59 Å². The number of allylic oxidation sites excluding steroid dienone is 2. The van der Waals surface area contributed by atoms with E-state index in [0.717, 1.165) is 64.2 Å². The minimum absolute atomic E-state index is 0.271. The molecule has 24 heavy (non-hydrogen) atoms. The second-order valence-corrected chi connectivity index (χ2v) is 7.51. The molecule has 2 fully saturated rings. The highest BCUT2D eigenvalue weighted by Crippen LogP contribution is 2.43. The Bertz CT molecular complexity index is 464. The molecule has 2 aliphatic carbocycles. The second kappa shape index (κ2) is 8.55. The van der Waals surface area contributed by atoms with Gasteiger partial charge in [0.2, 0.25) is 0 Å². The number of hydrogen-bond acceptors (Lipinski definition) is 4. The summed E-state index contributed by atoms with van der Waals surface area (Å²) in [6, 6.07) is 0. The predicted molar refractivity (Wildman–Crippen MR) is 92.8 cm³/mol. The first-order valence-corrected chi connectivity index (χ1v) is 9.35. The van der Waals surface area contributed by atoms with E-state index in [1.807, 2.05) is 11.9 Å². The number of ether oxygens (including phenoxy) is 2. The van der Waals surface area contributed by atoms with Gasteiger partial charge < -0.3 is 9.47 Å². The monoisotopic (exact) mass is 334 g/mol. The van der Waals surface area contributed by atoms with Crippen molar-refractivity contribution in [1.82, 2.24) is 0 Å². The van der Waals surface area contributed by atoms with Crippen LogP contribution in [-0.4, -0.2) is 23.1 Å². The van der Waals surface area contributed by atoms with Crippen LogP contribution in [0.4, 0.5) is 0 Å². The Morgan fingerprint density at radius 1 is 0.708 bits per heavy atom. The van der Waals surface area contributed by atoms with Gasteiger partial charge in [0.1, 0.15) is 11.2 Å². The largest absolute Gasteiger partial charge is 0.481 e. The molecule has 0 N–H and O–H groups in total. The minimum Gasteiger partial charge on any atom is -0.481 e. The van der Waals surface area contributed by atoms with Gasteiger partial charge in [0.15, 0.2) is 23.4 Å². The highest BCUT2D eigenvalue weighted by molar-refractivity contribution is 5.48. The Morgan fingerprint density at radius 2 is 1.04 bits per heavy atom. The van der Waals surface area contributed by atoms with E-state index in [-0.39, 0.29) is 11.2 Å². The van der Waals surface area contributed by atoms with Crippen molar-refractivity contribution in [2.45, 2.75) is 102 Å². The Morgan fingerprint density at radius 3 is 1.33 bits per heavy atom. The molecule has 0 aliphatic heterocycles. The third-order valence-electron chi connectivity index (χ3n) is 5.59. The van der Waals surface area contributed by atoms with E-state index in [2.05, 4.69) is 0 Å². The molecule has 4 nitrogen and oxygen atoms in total. The number of rotatable bonds is 7. The van der Waals surface area contributed by atoms with Crippen LogP contribution in [0.3, 0.4) is 0 Å². The van der Waals surface area contributed by atoms with E-state index >= 15 is 0 Å². The Hall–Kier alpha value is -1.50. The zero-order valence-electron chi connectivity index (χ0n) is 15.1. The van der Waals surface area contributed by atoms with Crippen LogP contribution in [-0.2, 0) is 19.1 Å². The van der Waals surface area contributed by atoms with Crippen molar-refractivity contribution in [3.05, 3.63) is 11.5 Å². The number of hydrogen-bond donors (Lipinski definition) is 0. The fourth-order valence-electron chi connectivity index (χ4n) is 4.35. The summed E-state index contributed by atoms with van der Waals surface area (Å²) in [6.45, 7) is 3.38. The maximum absolute atomic E-state index is 10.9. The van der Waals surface area contributed by atoms with E-state index in [1.165, 1.54) is 12.8 Å². The molecule has 2 aliphatic rings. The zero-order valence-corrected chi connectivity index (χ0v) is 15.1. The van der Waals surface area contributed by atoms with Gasteiger partial charge in [0.05, 0.1) is 0 Å². The molecule has 0 aromatic heterocycles. The molecule has 0 amide bonds. The third kappa shape index (κ3) is 5.00. The Kier molecular flexibility index (Phi) is 6.71. The quantitative estimate of drug-likeness (QED) is 0.501. The van der Waals surface area contributed by atoms with Crippen LogP contribution in [0.5, 0.6) is 0 Å². The topological polar surface area (TPSA) is 52.6 Å². The predicted octanol–water partition coefficient (Wildman–Crippen LogP) is 4.68. The van der Waals surface area contributed by atoms with Crippen molar-refractivity contribution in [1.29, 1.82) is 0 Å². The highest BCUT2D eigenvalue weighted by atomic mass is 16.5. The van der Waals surface area contributed by atoms with Crippen molar-refractivity contribution in [3.63, 3.8) is 0 Å². The van der Waals surface area contributed by atoms with Crippen LogP contribution >= 0.6 is 0 Å². The first-order valence-electron chi connectivity index (χ1n) is 9.35. The average Bonchev–Trinajstić information content (AvgIpc) is 2.61. The third-order valence-corrected chi connectivity index (χ3v) is 5.59. The van der Waals surface area contributed by atoms with Crippen LogP contribution in [0.1, 0.15) is 90.9 Å². The van der Waals surface area contributed by atoms with Crippen LogP contribution < -0.4 is 0 Å². The van der Waals surface area contributed by atoms with Crippen LogP contribution in [0.25, 0.3) is 0 Å². The van der Waals surface area contributed by atoms with E-state index < -0.39 is 0 Å². The van der Waals surface area contributed by atoms with E-state index in [0.29, 0.717) is 11.5 Å². The molecular weight excluding hydrogens is 304 g/mol. The lowest BCUT2D eigenvalue weighted by atomic mass is 9.75. The molecule has 0 aromatic rings. The molecule has 0 radical (unpaired) electrons. The molecular formula is C20H30O4. The summed E-state index contributed by atoms with van der Waals surface area (Å²) >= 11 is 0. The van der Waals surface area contributed by atoms with E-state index in [4.69, 9.17) is 9.47 Å². The molecule has 0 bridgehead atoms. The lowest BCUT2D eigenvalue weighted by Gasteiger charge is -2.42. The van der Waals surface area contributed by atoms with Crippen molar-refractivity contribution < 1.29 is 19.1 Å². The summed E-state index contributed by atoms with van der Waals surface area (Å²) in [5, 5.41) is 0. The van der Waals surface area contributed by atoms with Gasteiger partial charge in [-0.25, -0.2) is 9.59 Å². The maximum atomic E-state index is 10.9. The summed E-state index contributed by atoms with van der Waals surface area (Å²) < 4.78 is 12.1. The van der Waals surface area contributed by atoms with Gasteiger partial charge in [-0.3, -0.25) is 0 Å². The summed E-state index contributed by atoms with van der Waals surface area (Å²) in [4.78, 5) is 21.8. The lowest BCUT2D eigenvalue weighted by Crippen LogP contribution is -2.41. The second-order valence-electron chi connectivity index (χ2n) is 7.51. The molecule has 2 saturated carbocycles. The average molecular weight is 334 g/mol. The van der Waals surface area contributed by atoms with Crippen LogP contribution in [0.15, 0.2) is 11.5 Å². The summed E-state index contributed by atoms with van der Waals surface area (Å²) in [7, 11) is 0. The van der Waals surface area contributed by atoms with Crippen molar-refractivity contribution in [2.24, 2.45) is 0 Å². The summed E-state index contributed by atoms with van der Waals surface area (Å²) in [5.41, 5.74) is -0.543. The van der Waals surface area contributed by atoms with Gasteiger partial charge in [-0.05, 0) is 64.2 Å². The molecule has 2 rings (SSSR count). The normalized spacial score (nSPS) is 21.9. The van der Waals surface area contributed by atoms with Gasteiger partial charge in [-0.2, -0.15) is 0 Å². The van der Waals surface area contributed by atoms with Crippen LogP contribution in [0, 0.1) is 0 Å². The van der Waals surface area contributed by atoms with Gasteiger partial charge >= 0.3 is 0 Å². The summed E-state index contributed by atoms with van der Waals surface area (Å²) in [5.74, 6) is 4.46. The van der Waals surface area contributed by atoms with Gasteiger partial charge in [0, 0.05) is 13.8 Å². The molecule has 4 heteroatoms. The van der Waals surface area contributed by atoms with Crippen molar-refractivity contribution in [3.8, 4) is 0 Å². The Balaban J connectivity index is 2.11. The Labute approximate surface area is 145 Å². The lowest BCUT2D eigenvalue weighted by molar-refractivity contribution is -0.0772. The zero-order chi connectivity index (χ0) is 17.5. The fourth-order valence-corrected chi connectivity index (χ4v) is 4.35. The van der Waals surface area contributed by atoms with E-state index in [1.54, 1.807) is 13.8 Å². The van der Waals surface area contributed by atoms with Crippen molar-refractivity contribution in [2.75, 3.05) is 0 Å². The van der Waals surface area contributed by atoms with Crippen molar-refractivity contribution >= 4 is 11.9 Å². The molecule has 0 atom stereocenters. The SMILES string of the molecule is CC(=C=O)OC1(CCC2(OC(C)=C=O)CCCCC2)CCCCC1. The minimum atomic E-state index is -0.271. The molecule has 134 valence electrons. The van der Waals surface area contributed by atoms with Gasteiger partial charge in [-0.1, -0.05) is 12.8 Å². The first-order chi connectivity index (χ1) is 11.5. The van der Waals surface area contributed by atoms with Gasteiger partial charge in [0.25, 0.3) is 0 Å². The highest BCUT2D eigenvalue weighted by Gasteiger charge is 2.40. The molecule has 0 heterocycles. The molecule has 0 unspecified atom stereocenters. The summed E-state index contributed by atoms with van der Waals surface area (Å²) in [6.07, 6.45) is 12.6. The molecule has 0 saturated heterocycles. The fraction of sp³-hybridized carbons (Fsp3) is 0.800. The standard InChI is InChI=1S/C20H30O4/c1-17(15-21)23-19(9-5-3-6-10-19)13-14-20(24-18(2)16-22)11-7-4-8-12-20/h3-14H2,1-2H3. The van der Waals surface area contributed by atoms with Crippen LogP contribution in [0.2, 0.25) is 0 Å².